The lowest BCUT2D eigenvalue weighted by molar-refractivity contribution is 0.190. The van der Waals surface area contributed by atoms with Gasteiger partial charge < -0.3 is 15.1 Å². The monoisotopic (exact) mass is 316 g/mol. The van der Waals surface area contributed by atoms with Gasteiger partial charge in [-0.25, -0.2) is 9.48 Å². The minimum Gasteiger partial charge on any atom is -0.368 e. The highest BCUT2D eigenvalue weighted by Crippen LogP contribution is 2.15. The Balaban J connectivity index is 1.53. The van der Waals surface area contributed by atoms with Crippen LogP contribution in [0.5, 0.6) is 0 Å². The molecule has 2 aromatic rings. The van der Waals surface area contributed by atoms with Gasteiger partial charge >= 0.3 is 6.03 Å². The molecule has 1 fully saturated rings. The number of carbonyl (C=O) groups excluding carboxylic acids is 1. The highest BCUT2D eigenvalue weighted by Gasteiger charge is 2.23. The Kier molecular flexibility index (Phi) is 4.35. The van der Waals surface area contributed by atoms with Crippen LogP contribution in [0.3, 0.4) is 0 Å². The number of rotatable bonds is 3. The molecule has 1 atom stereocenters. The summed E-state index contributed by atoms with van der Waals surface area (Å²) in [6, 6.07) is 3.65. The number of carbonyl (C=O) groups is 1. The fraction of sp³-hybridized carbons (Fsp3) is 0.500. The van der Waals surface area contributed by atoms with Crippen LogP contribution in [0.2, 0.25) is 0 Å². The maximum Gasteiger partial charge on any atom is 0.318 e. The SMILES string of the molecule is C[C@H](NC(=O)N1CCN(c2ccncc2)CC1)c1nnnn1C. The van der Waals surface area contributed by atoms with Crippen LogP contribution in [0.1, 0.15) is 18.8 Å². The predicted molar refractivity (Wildman–Crippen MR) is 83.8 cm³/mol. The van der Waals surface area contributed by atoms with Crippen LogP contribution in [0.15, 0.2) is 24.5 Å². The van der Waals surface area contributed by atoms with Crippen LogP contribution in [0.25, 0.3) is 0 Å². The predicted octanol–water partition coefficient (Wildman–Crippen LogP) is 0.198. The van der Waals surface area contributed by atoms with E-state index in [0.29, 0.717) is 18.9 Å². The second kappa shape index (κ2) is 6.59. The van der Waals surface area contributed by atoms with Gasteiger partial charge in [0.15, 0.2) is 5.82 Å². The van der Waals surface area contributed by atoms with E-state index in [1.54, 1.807) is 24.1 Å². The highest BCUT2D eigenvalue weighted by atomic mass is 16.2. The van der Waals surface area contributed by atoms with Gasteiger partial charge in [0, 0.05) is 51.3 Å². The minimum atomic E-state index is -0.235. The van der Waals surface area contributed by atoms with Crippen molar-refractivity contribution in [3.05, 3.63) is 30.4 Å². The summed E-state index contributed by atoms with van der Waals surface area (Å²) in [5.41, 5.74) is 1.14. The van der Waals surface area contributed by atoms with Crippen molar-refractivity contribution in [3.8, 4) is 0 Å². The number of nitrogens with one attached hydrogen (secondary N) is 1. The summed E-state index contributed by atoms with van der Waals surface area (Å²) in [5.74, 6) is 0.633. The van der Waals surface area contributed by atoms with Gasteiger partial charge in [-0.3, -0.25) is 4.98 Å². The van der Waals surface area contributed by atoms with E-state index in [-0.39, 0.29) is 12.1 Å². The molecule has 3 heterocycles. The molecule has 0 aromatic carbocycles. The second-order valence-electron chi connectivity index (χ2n) is 5.51. The Morgan fingerprint density at radius 3 is 2.52 bits per heavy atom. The standard InChI is InChI=1S/C14H20N8O/c1-11(13-17-18-19-20(13)2)16-14(23)22-9-7-21(8-10-22)12-3-5-15-6-4-12/h3-6,11H,7-10H2,1-2H3,(H,16,23)/t11-/m0/s1. The number of nitrogens with zero attached hydrogens (tertiary/aromatic N) is 7. The maximum atomic E-state index is 12.4. The highest BCUT2D eigenvalue weighted by molar-refractivity contribution is 5.75. The molecule has 0 unspecified atom stereocenters. The third kappa shape index (κ3) is 3.38. The molecule has 2 amide bonds. The van der Waals surface area contributed by atoms with Gasteiger partial charge in [0.2, 0.25) is 0 Å². The van der Waals surface area contributed by atoms with E-state index >= 15 is 0 Å². The van der Waals surface area contributed by atoms with Crippen molar-refractivity contribution in [1.82, 2.24) is 35.4 Å². The zero-order chi connectivity index (χ0) is 16.2. The van der Waals surface area contributed by atoms with Gasteiger partial charge in [0.25, 0.3) is 0 Å². The van der Waals surface area contributed by atoms with Gasteiger partial charge in [-0.05, 0) is 29.5 Å². The molecule has 9 nitrogen and oxygen atoms in total. The molecule has 23 heavy (non-hydrogen) atoms. The zero-order valence-corrected chi connectivity index (χ0v) is 13.3. The number of hydrogen-bond donors (Lipinski definition) is 1. The van der Waals surface area contributed by atoms with Crippen LogP contribution in [0.4, 0.5) is 10.5 Å². The first-order valence-electron chi connectivity index (χ1n) is 7.58. The number of piperazine rings is 1. The summed E-state index contributed by atoms with van der Waals surface area (Å²) >= 11 is 0. The zero-order valence-electron chi connectivity index (χ0n) is 13.3. The van der Waals surface area contributed by atoms with Crippen molar-refractivity contribution in [2.45, 2.75) is 13.0 Å². The Morgan fingerprint density at radius 2 is 1.91 bits per heavy atom. The quantitative estimate of drug-likeness (QED) is 0.869. The molecular formula is C14H20N8O. The summed E-state index contributed by atoms with van der Waals surface area (Å²) < 4.78 is 1.56. The van der Waals surface area contributed by atoms with Gasteiger partial charge in [0.05, 0.1) is 6.04 Å². The summed E-state index contributed by atoms with van der Waals surface area (Å²) in [7, 11) is 1.76. The molecule has 1 aliphatic heterocycles. The number of tetrazole rings is 1. The number of pyridine rings is 1. The van der Waals surface area contributed by atoms with Gasteiger partial charge in [-0.15, -0.1) is 5.10 Å². The van der Waals surface area contributed by atoms with E-state index in [1.165, 1.54) is 0 Å². The topological polar surface area (TPSA) is 92.1 Å². The third-order valence-corrected chi connectivity index (χ3v) is 3.97. The lowest BCUT2D eigenvalue weighted by Gasteiger charge is -2.36. The van der Waals surface area contributed by atoms with Gasteiger partial charge in [-0.2, -0.15) is 0 Å². The molecule has 1 N–H and O–H groups in total. The van der Waals surface area contributed by atoms with Crippen LogP contribution >= 0.6 is 0 Å². The number of hydrogen-bond acceptors (Lipinski definition) is 6. The number of anilines is 1. The van der Waals surface area contributed by atoms with Crippen molar-refractivity contribution < 1.29 is 4.79 Å². The smallest absolute Gasteiger partial charge is 0.318 e. The van der Waals surface area contributed by atoms with Crippen molar-refractivity contribution in [3.63, 3.8) is 0 Å². The third-order valence-electron chi connectivity index (χ3n) is 3.97. The number of aryl methyl sites for hydroxylation is 1. The Hall–Kier alpha value is -2.71. The van der Waals surface area contributed by atoms with Crippen LogP contribution < -0.4 is 10.2 Å². The average molecular weight is 316 g/mol. The number of aromatic nitrogens is 5. The van der Waals surface area contributed by atoms with E-state index in [9.17, 15) is 4.79 Å². The van der Waals surface area contributed by atoms with Gasteiger partial charge in [-0.1, -0.05) is 0 Å². The molecule has 9 heteroatoms. The minimum absolute atomic E-state index is 0.0881. The summed E-state index contributed by atoms with van der Waals surface area (Å²) in [4.78, 5) is 20.5. The number of urea groups is 1. The first-order chi connectivity index (χ1) is 11.1. The van der Waals surface area contributed by atoms with E-state index in [1.807, 2.05) is 24.0 Å². The normalized spacial score (nSPS) is 16.3. The molecule has 0 spiro atoms. The van der Waals surface area contributed by atoms with E-state index in [0.717, 1.165) is 18.8 Å². The fourth-order valence-corrected chi connectivity index (χ4v) is 2.67. The van der Waals surface area contributed by atoms with Crippen LogP contribution in [-0.4, -0.2) is 62.3 Å². The van der Waals surface area contributed by atoms with Gasteiger partial charge in [0.1, 0.15) is 0 Å². The summed E-state index contributed by atoms with van der Waals surface area (Å²) in [5, 5.41) is 14.2. The van der Waals surface area contributed by atoms with E-state index in [4.69, 9.17) is 0 Å². The molecule has 1 saturated heterocycles. The first kappa shape index (κ1) is 15.2. The Morgan fingerprint density at radius 1 is 1.22 bits per heavy atom. The number of amides is 2. The molecule has 122 valence electrons. The molecule has 3 rings (SSSR count). The van der Waals surface area contributed by atoms with E-state index < -0.39 is 0 Å². The molecule has 0 radical (unpaired) electrons. The van der Waals surface area contributed by atoms with Crippen molar-refractivity contribution in [1.29, 1.82) is 0 Å². The molecular weight excluding hydrogens is 296 g/mol. The molecule has 2 aromatic heterocycles. The first-order valence-corrected chi connectivity index (χ1v) is 7.58. The summed E-state index contributed by atoms with van der Waals surface area (Å²) in [6.45, 7) is 4.83. The second-order valence-corrected chi connectivity index (χ2v) is 5.51. The maximum absolute atomic E-state index is 12.4. The Labute approximate surface area is 134 Å². The fourth-order valence-electron chi connectivity index (χ4n) is 2.67. The lowest BCUT2D eigenvalue weighted by Crippen LogP contribution is -2.52. The molecule has 0 aliphatic carbocycles. The Bertz CT molecular complexity index is 650. The largest absolute Gasteiger partial charge is 0.368 e. The van der Waals surface area contributed by atoms with E-state index in [2.05, 4.69) is 30.7 Å². The lowest BCUT2D eigenvalue weighted by atomic mass is 10.2. The molecule has 0 bridgehead atoms. The summed E-state index contributed by atoms with van der Waals surface area (Å²) in [6.07, 6.45) is 3.57. The molecule has 1 aliphatic rings. The average Bonchev–Trinajstić information content (AvgIpc) is 3.02. The van der Waals surface area contributed by atoms with Crippen molar-refractivity contribution >= 4 is 11.7 Å². The van der Waals surface area contributed by atoms with Crippen molar-refractivity contribution in [2.75, 3.05) is 31.1 Å². The van der Waals surface area contributed by atoms with Crippen molar-refractivity contribution in [2.24, 2.45) is 7.05 Å². The van der Waals surface area contributed by atoms with Crippen LogP contribution in [0, 0.1) is 0 Å². The van der Waals surface area contributed by atoms with Crippen LogP contribution in [-0.2, 0) is 7.05 Å². The molecule has 0 saturated carbocycles.